The average molecular weight is 241 g/mol. The van der Waals surface area contributed by atoms with Crippen LogP contribution in [0.3, 0.4) is 0 Å². The minimum absolute atomic E-state index is 0.127. The van der Waals surface area contributed by atoms with Crippen molar-refractivity contribution in [2.45, 2.75) is 25.4 Å². The predicted molar refractivity (Wildman–Crippen MR) is 58.3 cm³/mol. The molecule has 0 unspecified atom stereocenters. The molecule has 1 aliphatic rings. The fourth-order valence-electron chi connectivity index (χ4n) is 1.62. The second-order valence-electron chi connectivity index (χ2n) is 3.71. The monoisotopic (exact) mass is 241 g/mol. The van der Waals surface area contributed by atoms with Crippen LogP contribution in [0.25, 0.3) is 0 Å². The van der Waals surface area contributed by atoms with Crippen molar-refractivity contribution in [2.24, 2.45) is 0 Å². The molecule has 0 aliphatic carbocycles. The van der Waals surface area contributed by atoms with Crippen molar-refractivity contribution < 1.29 is 14.6 Å². The number of carboxylic acids is 1. The van der Waals surface area contributed by atoms with E-state index >= 15 is 0 Å². The number of carbonyl (C=O) groups excluding carboxylic acids is 1. The molecule has 1 fully saturated rings. The molecule has 2 rings (SSSR count). The van der Waals surface area contributed by atoms with Crippen LogP contribution in [0.1, 0.15) is 18.5 Å². The van der Waals surface area contributed by atoms with E-state index in [-0.39, 0.29) is 12.5 Å². The number of carbonyl (C=O) groups is 1. The molecule has 1 N–H and O–H groups in total. The van der Waals surface area contributed by atoms with E-state index in [4.69, 9.17) is 4.74 Å². The maximum absolute atomic E-state index is 10.4. The van der Waals surface area contributed by atoms with Crippen molar-refractivity contribution >= 4 is 22.4 Å². The number of carboxylic acid groups (broad SMARTS) is 1. The Labute approximate surface area is 97.5 Å². The summed E-state index contributed by atoms with van der Waals surface area (Å²) < 4.78 is 5.46. The van der Waals surface area contributed by atoms with E-state index in [1.54, 1.807) is 5.38 Å². The average Bonchev–Trinajstić information content (AvgIpc) is 2.84. The van der Waals surface area contributed by atoms with E-state index in [9.17, 15) is 9.90 Å². The predicted octanol–water partition coefficient (Wildman–Crippen LogP) is 0.0264. The second kappa shape index (κ2) is 5.27. The zero-order valence-corrected chi connectivity index (χ0v) is 9.59. The quantitative estimate of drug-likeness (QED) is 0.787. The molecule has 1 aromatic rings. The lowest BCUT2D eigenvalue weighted by Crippen LogP contribution is -2.24. The van der Waals surface area contributed by atoms with Gasteiger partial charge in [0.25, 0.3) is 0 Å². The molecule has 6 heteroatoms. The lowest BCUT2D eigenvalue weighted by Gasteiger charge is -2.09. The molecule has 0 bridgehead atoms. The van der Waals surface area contributed by atoms with Gasteiger partial charge in [-0.3, -0.25) is 0 Å². The van der Waals surface area contributed by atoms with E-state index < -0.39 is 5.97 Å². The highest BCUT2D eigenvalue weighted by Crippen LogP contribution is 2.17. The van der Waals surface area contributed by atoms with Crippen LogP contribution in [-0.4, -0.2) is 30.2 Å². The summed E-state index contributed by atoms with van der Waals surface area (Å²) in [5.74, 6) is -1.10. The first-order valence-corrected chi connectivity index (χ1v) is 6.12. The summed E-state index contributed by atoms with van der Waals surface area (Å²) >= 11 is 1.41. The summed E-state index contributed by atoms with van der Waals surface area (Å²) in [6, 6.07) is 0. The van der Waals surface area contributed by atoms with Crippen LogP contribution < -0.4 is 10.4 Å². The second-order valence-corrected chi connectivity index (χ2v) is 4.57. The van der Waals surface area contributed by atoms with Crippen molar-refractivity contribution in [3.8, 4) is 0 Å². The standard InChI is InChI=1S/C10H14N2O3S/c13-9(14)4-7-6-16-10(12-7)11-5-8-2-1-3-15-8/h6,8H,1-5H2,(H,11,12)(H,13,14)/p-1/t8-/m1/s1. The van der Waals surface area contributed by atoms with Crippen LogP contribution in [0.2, 0.25) is 0 Å². The first-order valence-electron chi connectivity index (χ1n) is 5.24. The maximum atomic E-state index is 10.4. The Balaban J connectivity index is 1.80. The number of hydrogen-bond donors (Lipinski definition) is 1. The van der Waals surface area contributed by atoms with Crippen LogP contribution in [0.5, 0.6) is 0 Å². The van der Waals surface area contributed by atoms with Gasteiger partial charge in [-0.05, 0) is 12.8 Å². The van der Waals surface area contributed by atoms with Crippen LogP contribution in [-0.2, 0) is 16.0 Å². The number of rotatable bonds is 5. The molecule has 0 amide bonds. The van der Waals surface area contributed by atoms with Gasteiger partial charge in [0.05, 0.1) is 11.8 Å². The van der Waals surface area contributed by atoms with E-state index in [2.05, 4.69) is 10.3 Å². The van der Waals surface area contributed by atoms with E-state index in [0.29, 0.717) is 5.69 Å². The normalized spacial score (nSPS) is 19.9. The molecule has 0 spiro atoms. The molecule has 0 aromatic carbocycles. The van der Waals surface area contributed by atoms with Crippen LogP contribution in [0, 0.1) is 0 Å². The van der Waals surface area contributed by atoms with Crippen LogP contribution in [0.15, 0.2) is 5.38 Å². The zero-order chi connectivity index (χ0) is 11.4. The minimum Gasteiger partial charge on any atom is -0.550 e. The summed E-state index contributed by atoms with van der Waals surface area (Å²) in [5.41, 5.74) is 0.542. The van der Waals surface area contributed by atoms with Crippen LogP contribution >= 0.6 is 11.3 Å². The molecule has 1 aliphatic heterocycles. The summed E-state index contributed by atoms with van der Waals surface area (Å²) in [4.78, 5) is 14.5. The van der Waals surface area contributed by atoms with Crippen molar-refractivity contribution in [3.63, 3.8) is 0 Å². The molecule has 0 saturated carbocycles. The Morgan fingerprint density at radius 2 is 2.62 bits per heavy atom. The third kappa shape index (κ3) is 3.18. The molecule has 1 aromatic heterocycles. The van der Waals surface area contributed by atoms with E-state index in [0.717, 1.165) is 31.1 Å². The van der Waals surface area contributed by atoms with Gasteiger partial charge in [0.2, 0.25) is 0 Å². The van der Waals surface area contributed by atoms with Gasteiger partial charge in [-0.15, -0.1) is 11.3 Å². The highest BCUT2D eigenvalue weighted by molar-refractivity contribution is 7.13. The summed E-state index contributed by atoms with van der Waals surface area (Å²) in [6.07, 6.45) is 2.32. The number of hydrogen-bond acceptors (Lipinski definition) is 6. The number of aliphatic carboxylic acids is 1. The lowest BCUT2D eigenvalue weighted by molar-refractivity contribution is -0.304. The topological polar surface area (TPSA) is 74.3 Å². The third-order valence-corrected chi connectivity index (χ3v) is 3.23. The lowest BCUT2D eigenvalue weighted by atomic mass is 10.2. The van der Waals surface area contributed by atoms with Crippen molar-refractivity contribution in [2.75, 3.05) is 18.5 Å². The molecule has 16 heavy (non-hydrogen) atoms. The fourth-order valence-corrected chi connectivity index (χ4v) is 2.34. The van der Waals surface area contributed by atoms with Gasteiger partial charge >= 0.3 is 0 Å². The SMILES string of the molecule is O=C([O-])Cc1csc(NC[C@H]2CCCO2)n1. The molecule has 1 atom stereocenters. The number of nitrogens with one attached hydrogen (secondary N) is 1. The number of ether oxygens (including phenoxy) is 1. The molecule has 5 nitrogen and oxygen atoms in total. The Bertz CT molecular complexity index is 361. The van der Waals surface area contributed by atoms with E-state index in [1.165, 1.54) is 11.3 Å². The molecular weight excluding hydrogens is 228 g/mol. The highest BCUT2D eigenvalue weighted by Gasteiger charge is 2.15. The van der Waals surface area contributed by atoms with Gasteiger partial charge in [-0.1, -0.05) is 0 Å². The summed E-state index contributed by atoms with van der Waals surface area (Å²) in [6.45, 7) is 1.57. The van der Waals surface area contributed by atoms with Crippen molar-refractivity contribution in [1.29, 1.82) is 0 Å². The van der Waals surface area contributed by atoms with Crippen molar-refractivity contribution in [3.05, 3.63) is 11.1 Å². The zero-order valence-electron chi connectivity index (χ0n) is 8.77. The van der Waals surface area contributed by atoms with Gasteiger partial charge in [0.1, 0.15) is 0 Å². The number of thiazole rings is 1. The Morgan fingerprint density at radius 1 is 1.75 bits per heavy atom. The third-order valence-electron chi connectivity index (χ3n) is 2.38. The molecular formula is C10H13N2O3S-. The number of nitrogens with zero attached hydrogens (tertiary/aromatic N) is 1. The maximum Gasteiger partial charge on any atom is 0.182 e. The van der Waals surface area contributed by atoms with Gasteiger partial charge in [-0.25, -0.2) is 4.98 Å². The Kier molecular flexibility index (Phi) is 3.74. The summed E-state index contributed by atoms with van der Waals surface area (Å²) in [7, 11) is 0. The molecule has 1 saturated heterocycles. The molecule has 0 radical (unpaired) electrons. The molecule has 2 heterocycles. The summed E-state index contributed by atoms with van der Waals surface area (Å²) in [5, 5.41) is 16.0. The smallest absolute Gasteiger partial charge is 0.182 e. The van der Waals surface area contributed by atoms with E-state index in [1.807, 2.05) is 0 Å². The van der Waals surface area contributed by atoms with Gasteiger partial charge in [-0.2, -0.15) is 0 Å². The van der Waals surface area contributed by atoms with Crippen molar-refractivity contribution in [1.82, 2.24) is 4.98 Å². The Morgan fingerprint density at radius 3 is 3.31 bits per heavy atom. The highest BCUT2D eigenvalue weighted by atomic mass is 32.1. The number of anilines is 1. The van der Waals surface area contributed by atoms with Gasteiger partial charge in [0.15, 0.2) is 5.13 Å². The number of aromatic nitrogens is 1. The first-order chi connectivity index (χ1) is 7.74. The Hall–Kier alpha value is -1.14. The molecule has 88 valence electrons. The van der Waals surface area contributed by atoms with Crippen LogP contribution in [0.4, 0.5) is 5.13 Å². The van der Waals surface area contributed by atoms with Gasteiger partial charge < -0.3 is 20.0 Å². The largest absolute Gasteiger partial charge is 0.550 e. The fraction of sp³-hybridized carbons (Fsp3) is 0.600. The van der Waals surface area contributed by atoms with Gasteiger partial charge in [0, 0.05) is 30.9 Å². The first kappa shape index (κ1) is 11.3. The minimum atomic E-state index is -1.10.